The lowest BCUT2D eigenvalue weighted by Crippen LogP contribution is -3.12. The third-order valence-corrected chi connectivity index (χ3v) is 5.23. The number of hydrogen-bond donors (Lipinski definition) is 2. The SMILES string of the molecule is CCc1ccc(/C=C2\Oc3c(ccc(O)c3C[NH+]3CCOCC3)C2=O)cc1. The van der Waals surface area contributed by atoms with E-state index < -0.39 is 0 Å². The molecule has 2 aliphatic rings. The number of carbonyl (C=O) groups excluding carboxylic acids is 1. The molecule has 27 heavy (non-hydrogen) atoms. The summed E-state index contributed by atoms with van der Waals surface area (Å²) in [5, 5.41) is 10.4. The Balaban J connectivity index is 1.62. The molecule has 2 aromatic rings. The molecule has 0 aromatic heterocycles. The van der Waals surface area contributed by atoms with Crippen LogP contribution in [-0.2, 0) is 17.7 Å². The maximum absolute atomic E-state index is 12.8. The number of ether oxygens (including phenoxy) is 2. The molecule has 2 aromatic carbocycles. The smallest absolute Gasteiger partial charge is 0.231 e. The van der Waals surface area contributed by atoms with Crippen LogP contribution in [0.25, 0.3) is 6.08 Å². The van der Waals surface area contributed by atoms with Crippen molar-refractivity contribution in [1.82, 2.24) is 0 Å². The van der Waals surface area contributed by atoms with Crippen molar-refractivity contribution in [2.45, 2.75) is 19.9 Å². The lowest BCUT2D eigenvalue weighted by atomic mass is 10.0. The number of aryl methyl sites for hydroxylation is 1. The van der Waals surface area contributed by atoms with E-state index in [0.29, 0.717) is 42.4 Å². The zero-order valence-electron chi connectivity index (χ0n) is 15.5. The molecule has 0 spiro atoms. The van der Waals surface area contributed by atoms with E-state index in [9.17, 15) is 9.90 Å². The van der Waals surface area contributed by atoms with Crippen molar-refractivity contribution < 1.29 is 24.3 Å². The molecule has 5 heteroatoms. The molecule has 2 N–H and O–H groups in total. The van der Waals surface area contributed by atoms with Gasteiger partial charge in [0.15, 0.2) is 11.5 Å². The van der Waals surface area contributed by atoms with Gasteiger partial charge in [0.2, 0.25) is 5.78 Å². The van der Waals surface area contributed by atoms with Gasteiger partial charge >= 0.3 is 0 Å². The summed E-state index contributed by atoms with van der Waals surface area (Å²) in [4.78, 5) is 14.1. The van der Waals surface area contributed by atoms with Crippen LogP contribution in [0.4, 0.5) is 0 Å². The molecule has 0 saturated carbocycles. The highest BCUT2D eigenvalue weighted by Crippen LogP contribution is 2.39. The van der Waals surface area contributed by atoms with Crippen molar-refractivity contribution in [3.63, 3.8) is 0 Å². The van der Waals surface area contributed by atoms with E-state index in [1.54, 1.807) is 18.2 Å². The van der Waals surface area contributed by atoms with Gasteiger partial charge in [-0.05, 0) is 35.8 Å². The first-order chi connectivity index (χ1) is 13.2. The summed E-state index contributed by atoms with van der Waals surface area (Å²) in [5.74, 6) is 0.838. The van der Waals surface area contributed by atoms with E-state index >= 15 is 0 Å². The molecule has 140 valence electrons. The lowest BCUT2D eigenvalue weighted by molar-refractivity contribution is -0.921. The minimum Gasteiger partial charge on any atom is -0.507 e. The minimum atomic E-state index is -0.136. The Bertz CT molecular complexity index is 880. The first-order valence-electron chi connectivity index (χ1n) is 9.45. The third-order valence-electron chi connectivity index (χ3n) is 5.23. The molecule has 0 unspecified atom stereocenters. The van der Waals surface area contributed by atoms with Gasteiger partial charge in [-0.3, -0.25) is 4.79 Å². The highest BCUT2D eigenvalue weighted by Gasteiger charge is 2.32. The second-order valence-corrected chi connectivity index (χ2v) is 7.01. The Hall–Kier alpha value is -2.63. The standard InChI is InChI=1S/C22H23NO4/c1-2-15-3-5-16(6-4-15)13-20-21(25)17-7-8-19(24)18(22(17)27-20)14-23-9-11-26-12-10-23/h3-8,13,24H,2,9-12,14H2,1H3/p+1/b20-13-. The summed E-state index contributed by atoms with van der Waals surface area (Å²) in [6.45, 7) is 5.91. The average Bonchev–Trinajstić information content (AvgIpc) is 3.01. The fourth-order valence-electron chi connectivity index (χ4n) is 3.56. The van der Waals surface area contributed by atoms with E-state index in [-0.39, 0.29) is 11.5 Å². The Morgan fingerprint density at radius 3 is 2.56 bits per heavy atom. The Morgan fingerprint density at radius 1 is 1.11 bits per heavy atom. The Kier molecular flexibility index (Phi) is 4.97. The number of hydrogen-bond acceptors (Lipinski definition) is 4. The van der Waals surface area contributed by atoms with E-state index in [2.05, 4.69) is 19.1 Å². The van der Waals surface area contributed by atoms with E-state index in [4.69, 9.17) is 9.47 Å². The highest BCUT2D eigenvalue weighted by atomic mass is 16.5. The van der Waals surface area contributed by atoms with Crippen molar-refractivity contribution in [2.75, 3.05) is 26.3 Å². The zero-order chi connectivity index (χ0) is 18.8. The fourth-order valence-corrected chi connectivity index (χ4v) is 3.56. The maximum Gasteiger partial charge on any atom is 0.231 e. The summed E-state index contributed by atoms with van der Waals surface area (Å²) in [5.41, 5.74) is 3.39. The molecule has 4 rings (SSSR count). The molecule has 2 heterocycles. The number of allylic oxidation sites excluding steroid dienone is 1. The topological polar surface area (TPSA) is 60.2 Å². The largest absolute Gasteiger partial charge is 0.507 e. The molecule has 5 nitrogen and oxygen atoms in total. The van der Waals surface area contributed by atoms with Crippen LogP contribution >= 0.6 is 0 Å². The normalized spacial score (nSPS) is 18.6. The molecular weight excluding hydrogens is 342 g/mol. The second-order valence-electron chi connectivity index (χ2n) is 7.01. The second kappa shape index (κ2) is 7.55. The van der Waals surface area contributed by atoms with Crippen molar-refractivity contribution in [1.29, 1.82) is 0 Å². The van der Waals surface area contributed by atoms with Gasteiger partial charge in [0.1, 0.15) is 25.4 Å². The highest BCUT2D eigenvalue weighted by molar-refractivity contribution is 6.14. The number of phenols is 1. The number of phenolic OH excluding ortho intramolecular Hbond substituents is 1. The predicted octanol–water partition coefficient (Wildman–Crippen LogP) is 1.99. The maximum atomic E-state index is 12.8. The van der Waals surface area contributed by atoms with Crippen LogP contribution in [0, 0.1) is 0 Å². The molecule has 0 amide bonds. The fraction of sp³-hybridized carbons (Fsp3) is 0.318. The van der Waals surface area contributed by atoms with Gasteiger partial charge in [-0.1, -0.05) is 31.2 Å². The molecule has 1 fully saturated rings. The van der Waals surface area contributed by atoms with Gasteiger partial charge in [0, 0.05) is 0 Å². The van der Waals surface area contributed by atoms with Gasteiger partial charge < -0.3 is 19.5 Å². The van der Waals surface area contributed by atoms with Crippen LogP contribution < -0.4 is 9.64 Å². The van der Waals surface area contributed by atoms with Crippen LogP contribution in [0.1, 0.15) is 34.0 Å². The summed E-state index contributed by atoms with van der Waals surface area (Å²) in [7, 11) is 0. The van der Waals surface area contributed by atoms with Gasteiger partial charge in [-0.25, -0.2) is 0 Å². The van der Waals surface area contributed by atoms with Crippen molar-refractivity contribution in [3.05, 3.63) is 64.4 Å². The molecule has 2 aliphatic heterocycles. The van der Waals surface area contributed by atoms with Gasteiger partial charge in [0.05, 0.1) is 24.3 Å². The van der Waals surface area contributed by atoms with Crippen molar-refractivity contribution in [2.24, 2.45) is 0 Å². The molecular formula is C22H24NO4+. The number of rotatable bonds is 4. The number of benzene rings is 2. The zero-order valence-corrected chi connectivity index (χ0v) is 15.5. The number of ketones is 1. The first-order valence-corrected chi connectivity index (χ1v) is 9.45. The minimum absolute atomic E-state index is 0.136. The van der Waals surface area contributed by atoms with Crippen LogP contribution in [0.15, 0.2) is 42.2 Å². The summed E-state index contributed by atoms with van der Waals surface area (Å²) in [6, 6.07) is 11.3. The van der Waals surface area contributed by atoms with Gasteiger partial charge in [0.25, 0.3) is 0 Å². The number of aromatic hydroxyl groups is 1. The van der Waals surface area contributed by atoms with Crippen LogP contribution in [-0.4, -0.2) is 37.2 Å². The number of Topliss-reactive ketones (excluding diaryl/α,β-unsaturated/α-hetero) is 1. The lowest BCUT2D eigenvalue weighted by Gasteiger charge is -2.24. The van der Waals surface area contributed by atoms with Crippen LogP contribution in [0.5, 0.6) is 11.5 Å². The first kappa shape index (κ1) is 17.8. The van der Waals surface area contributed by atoms with E-state index in [1.165, 1.54) is 10.5 Å². The monoisotopic (exact) mass is 366 g/mol. The van der Waals surface area contributed by atoms with Crippen LogP contribution in [0.2, 0.25) is 0 Å². The van der Waals surface area contributed by atoms with Gasteiger partial charge in [-0.2, -0.15) is 0 Å². The number of carbonyl (C=O) groups is 1. The summed E-state index contributed by atoms with van der Waals surface area (Å²) in [6.07, 6.45) is 2.74. The van der Waals surface area contributed by atoms with Crippen molar-refractivity contribution in [3.8, 4) is 11.5 Å². The number of quaternary nitrogens is 1. The quantitative estimate of drug-likeness (QED) is 0.813. The van der Waals surface area contributed by atoms with E-state index in [1.807, 2.05) is 12.1 Å². The molecule has 0 bridgehead atoms. The molecule has 1 saturated heterocycles. The van der Waals surface area contributed by atoms with E-state index in [0.717, 1.165) is 25.1 Å². The number of fused-ring (bicyclic) bond motifs is 1. The van der Waals surface area contributed by atoms with Gasteiger partial charge in [-0.15, -0.1) is 0 Å². The average molecular weight is 366 g/mol. The third kappa shape index (κ3) is 3.61. The summed E-state index contributed by atoms with van der Waals surface area (Å²) < 4.78 is 11.3. The summed E-state index contributed by atoms with van der Waals surface area (Å²) >= 11 is 0. The molecule has 0 radical (unpaired) electrons. The van der Waals surface area contributed by atoms with Crippen LogP contribution in [0.3, 0.4) is 0 Å². The number of nitrogens with one attached hydrogen (secondary N) is 1. The molecule has 0 aliphatic carbocycles. The molecule has 0 atom stereocenters. The Labute approximate surface area is 158 Å². The predicted molar refractivity (Wildman–Crippen MR) is 102 cm³/mol. The van der Waals surface area contributed by atoms with Crippen molar-refractivity contribution >= 4 is 11.9 Å². The Morgan fingerprint density at radius 2 is 1.85 bits per heavy atom. The number of morpholine rings is 1.